The molecule has 29 heavy (non-hydrogen) atoms. The fourth-order valence-corrected chi connectivity index (χ4v) is 4.41. The van der Waals surface area contributed by atoms with Crippen LogP contribution >= 0.6 is 0 Å². The van der Waals surface area contributed by atoms with E-state index in [2.05, 4.69) is 13.8 Å². The maximum atomic E-state index is 12.2. The van der Waals surface area contributed by atoms with Gasteiger partial charge in [-0.2, -0.15) is 0 Å². The summed E-state index contributed by atoms with van der Waals surface area (Å²) in [4.78, 5) is 23.5. The standard InChI is InChI=1S/C25H46O4/c1-21(2)17-13-11-9-7-5-3-4-6-8-10-12-16-20-29-25(28)23-19-15-14-18-22(23)24(26)27/h21-23H,3-20H2,1-2H3,(H,26,27). The highest BCUT2D eigenvalue weighted by atomic mass is 16.5. The number of hydrogen-bond acceptors (Lipinski definition) is 3. The summed E-state index contributed by atoms with van der Waals surface area (Å²) in [6.07, 6.45) is 20.0. The summed E-state index contributed by atoms with van der Waals surface area (Å²) in [6.45, 7) is 5.06. The van der Waals surface area contributed by atoms with Gasteiger partial charge in [0, 0.05) is 0 Å². The van der Waals surface area contributed by atoms with Gasteiger partial charge < -0.3 is 9.84 Å². The van der Waals surface area contributed by atoms with E-state index in [1.165, 1.54) is 70.6 Å². The van der Waals surface area contributed by atoms with Crippen LogP contribution in [0.1, 0.15) is 123 Å². The average molecular weight is 411 g/mol. The lowest BCUT2D eigenvalue weighted by molar-refractivity contribution is -0.159. The van der Waals surface area contributed by atoms with Crippen molar-refractivity contribution >= 4 is 11.9 Å². The molecule has 2 unspecified atom stereocenters. The fraction of sp³-hybridized carbons (Fsp3) is 0.920. The normalized spacial score (nSPS) is 19.4. The molecule has 0 saturated heterocycles. The topological polar surface area (TPSA) is 63.6 Å². The van der Waals surface area contributed by atoms with Crippen LogP contribution in [0.3, 0.4) is 0 Å². The zero-order chi connectivity index (χ0) is 21.3. The molecule has 1 aliphatic carbocycles. The first-order valence-electron chi connectivity index (χ1n) is 12.4. The van der Waals surface area contributed by atoms with Crippen LogP contribution in [-0.4, -0.2) is 23.7 Å². The zero-order valence-electron chi connectivity index (χ0n) is 19.1. The van der Waals surface area contributed by atoms with Crippen molar-refractivity contribution in [3.05, 3.63) is 0 Å². The molecular formula is C25H46O4. The van der Waals surface area contributed by atoms with Crippen molar-refractivity contribution < 1.29 is 19.4 Å². The molecule has 1 aliphatic rings. The Morgan fingerprint density at radius 2 is 1.21 bits per heavy atom. The fourth-order valence-electron chi connectivity index (χ4n) is 4.41. The van der Waals surface area contributed by atoms with Crippen LogP contribution in [-0.2, 0) is 14.3 Å². The second-order valence-corrected chi connectivity index (χ2v) is 9.43. The third kappa shape index (κ3) is 13.0. The smallest absolute Gasteiger partial charge is 0.309 e. The van der Waals surface area contributed by atoms with Crippen LogP contribution in [0.4, 0.5) is 0 Å². The number of carboxylic acid groups (broad SMARTS) is 1. The van der Waals surface area contributed by atoms with Gasteiger partial charge in [0.25, 0.3) is 0 Å². The van der Waals surface area contributed by atoms with Gasteiger partial charge in [0.2, 0.25) is 0 Å². The minimum Gasteiger partial charge on any atom is -0.481 e. The number of rotatable bonds is 17. The van der Waals surface area contributed by atoms with Gasteiger partial charge in [0.1, 0.15) is 0 Å². The van der Waals surface area contributed by atoms with Gasteiger partial charge in [0.05, 0.1) is 18.4 Å². The lowest BCUT2D eigenvalue weighted by atomic mass is 9.79. The van der Waals surface area contributed by atoms with Gasteiger partial charge in [-0.3, -0.25) is 9.59 Å². The van der Waals surface area contributed by atoms with Crippen LogP contribution < -0.4 is 0 Å². The van der Waals surface area contributed by atoms with Crippen molar-refractivity contribution in [2.75, 3.05) is 6.61 Å². The van der Waals surface area contributed by atoms with Crippen LogP contribution in [0.15, 0.2) is 0 Å². The Labute approximate surface area is 179 Å². The zero-order valence-corrected chi connectivity index (χ0v) is 19.1. The Balaban J connectivity index is 1.87. The number of unbranched alkanes of at least 4 members (excludes halogenated alkanes) is 11. The van der Waals surface area contributed by atoms with Gasteiger partial charge in [-0.25, -0.2) is 0 Å². The van der Waals surface area contributed by atoms with Gasteiger partial charge in [-0.15, -0.1) is 0 Å². The van der Waals surface area contributed by atoms with E-state index in [0.29, 0.717) is 19.4 Å². The quantitative estimate of drug-likeness (QED) is 0.204. The third-order valence-corrected chi connectivity index (χ3v) is 6.31. The molecule has 0 bridgehead atoms. The molecule has 170 valence electrons. The molecule has 4 nitrogen and oxygen atoms in total. The number of ether oxygens (including phenoxy) is 1. The number of carboxylic acids is 1. The highest BCUT2D eigenvalue weighted by molar-refractivity contribution is 5.81. The van der Waals surface area contributed by atoms with E-state index < -0.39 is 17.8 Å². The lowest BCUT2D eigenvalue weighted by Crippen LogP contribution is -2.33. The van der Waals surface area contributed by atoms with E-state index in [1.807, 2.05) is 0 Å². The minimum atomic E-state index is -0.849. The van der Waals surface area contributed by atoms with E-state index in [9.17, 15) is 14.7 Å². The van der Waals surface area contributed by atoms with Gasteiger partial charge in [-0.05, 0) is 25.2 Å². The van der Waals surface area contributed by atoms with Crippen molar-refractivity contribution in [1.29, 1.82) is 0 Å². The van der Waals surface area contributed by atoms with Crippen LogP contribution in [0.25, 0.3) is 0 Å². The Morgan fingerprint density at radius 3 is 1.69 bits per heavy atom. The lowest BCUT2D eigenvalue weighted by Gasteiger charge is -2.26. The molecule has 1 rings (SSSR count). The minimum absolute atomic E-state index is 0.290. The second-order valence-electron chi connectivity index (χ2n) is 9.43. The van der Waals surface area contributed by atoms with Gasteiger partial charge in [0.15, 0.2) is 0 Å². The van der Waals surface area contributed by atoms with Crippen LogP contribution in [0, 0.1) is 17.8 Å². The molecule has 2 atom stereocenters. The molecule has 0 aromatic rings. The summed E-state index contributed by atoms with van der Waals surface area (Å²) in [5.74, 6) is -1.27. The summed E-state index contributed by atoms with van der Waals surface area (Å²) in [5, 5.41) is 9.26. The maximum Gasteiger partial charge on any atom is 0.309 e. The van der Waals surface area contributed by atoms with Crippen molar-refractivity contribution in [2.45, 2.75) is 123 Å². The van der Waals surface area contributed by atoms with Crippen molar-refractivity contribution in [3.63, 3.8) is 0 Å². The first-order valence-corrected chi connectivity index (χ1v) is 12.4. The molecule has 4 heteroatoms. The van der Waals surface area contributed by atoms with E-state index in [-0.39, 0.29) is 5.97 Å². The van der Waals surface area contributed by atoms with Crippen LogP contribution in [0.5, 0.6) is 0 Å². The molecule has 1 fully saturated rings. The summed E-state index contributed by atoms with van der Waals surface area (Å²) in [6, 6.07) is 0. The van der Waals surface area contributed by atoms with Crippen molar-refractivity contribution in [2.24, 2.45) is 17.8 Å². The third-order valence-electron chi connectivity index (χ3n) is 6.31. The van der Waals surface area contributed by atoms with Gasteiger partial charge >= 0.3 is 11.9 Å². The number of carbonyl (C=O) groups excluding carboxylic acids is 1. The van der Waals surface area contributed by atoms with E-state index in [4.69, 9.17) is 4.74 Å². The number of carbonyl (C=O) groups is 2. The largest absolute Gasteiger partial charge is 0.481 e. The Kier molecular flexibility index (Phi) is 15.0. The highest BCUT2D eigenvalue weighted by Crippen LogP contribution is 2.31. The molecule has 0 heterocycles. The molecule has 1 N–H and O–H groups in total. The predicted molar refractivity (Wildman–Crippen MR) is 119 cm³/mol. The monoisotopic (exact) mass is 410 g/mol. The van der Waals surface area contributed by atoms with Crippen LogP contribution in [0.2, 0.25) is 0 Å². The molecule has 0 amide bonds. The van der Waals surface area contributed by atoms with Gasteiger partial charge in [-0.1, -0.05) is 104 Å². The van der Waals surface area contributed by atoms with E-state index in [1.54, 1.807) is 0 Å². The molecule has 1 saturated carbocycles. The predicted octanol–water partition coefficient (Wildman–Crippen LogP) is 7.15. The number of aliphatic carboxylic acids is 1. The Morgan fingerprint density at radius 1 is 0.759 bits per heavy atom. The number of esters is 1. The van der Waals surface area contributed by atoms with E-state index >= 15 is 0 Å². The summed E-state index contributed by atoms with van der Waals surface area (Å²) < 4.78 is 5.37. The molecule has 0 aromatic carbocycles. The molecule has 0 aromatic heterocycles. The number of hydrogen-bond donors (Lipinski definition) is 1. The highest BCUT2D eigenvalue weighted by Gasteiger charge is 2.36. The van der Waals surface area contributed by atoms with Crippen molar-refractivity contribution in [3.8, 4) is 0 Å². The molecular weight excluding hydrogens is 364 g/mol. The summed E-state index contributed by atoms with van der Waals surface area (Å²) in [5.41, 5.74) is 0. The van der Waals surface area contributed by atoms with E-state index in [0.717, 1.165) is 31.6 Å². The summed E-state index contributed by atoms with van der Waals surface area (Å²) in [7, 11) is 0. The molecule has 0 radical (unpaired) electrons. The Hall–Kier alpha value is -1.06. The average Bonchev–Trinajstić information content (AvgIpc) is 2.70. The van der Waals surface area contributed by atoms with Crippen molar-refractivity contribution in [1.82, 2.24) is 0 Å². The maximum absolute atomic E-state index is 12.2. The summed E-state index contributed by atoms with van der Waals surface area (Å²) >= 11 is 0. The Bertz CT molecular complexity index is 433. The first-order chi connectivity index (χ1) is 14.0. The second kappa shape index (κ2) is 16.7. The SMILES string of the molecule is CC(C)CCCCCCCCCCCCCCOC(=O)C1CCCCC1C(=O)O. The molecule has 0 spiro atoms. The molecule has 0 aliphatic heterocycles. The first kappa shape index (κ1) is 26.0.